The molecule has 0 saturated carbocycles. The monoisotopic (exact) mass is 223 g/mol. The minimum atomic E-state index is -0.192. The summed E-state index contributed by atoms with van der Waals surface area (Å²) < 4.78 is 0. The Morgan fingerprint density at radius 3 is 2.75 bits per heavy atom. The molecule has 0 bridgehead atoms. The maximum Gasteiger partial charge on any atom is 0.247 e. The Balaban J connectivity index is 2.56. The van der Waals surface area contributed by atoms with Crippen LogP contribution in [0.4, 0.5) is 0 Å². The predicted octanol–water partition coefficient (Wildman–Crippen LogP) is 1.70. The van der Waals surface area contributed by atoms with E-state index >= 15 is 0 Å². The summed E-state index contributed by atoms with van der Waals surface area (Å²) in [5.74, 6) is 0.0163. The molecule has 0 aliphatic rings. The lowest BCUT2D eigenvalue weighted by atomic mass is 10.1. The number of aromatic hydroxyl groups is 1. The van der Waals surface area contributed by atoms with Gasteiger partial charge in [0.1, 0.15) is 5.75 Å². The van der Waals surface area contributed by atoms with Crippen molar-refractivity contribution < 1.29 is 14.7 Å². The van der Waals surface area contributed by atoms with Crippen molar-refractivity contribution in [3.05, 3.63) is 29.3 Å². The molecule has 0 fully saturated rings. The van der Waals surface area contributed by atoms with Gasteiger partial charge in [-0.2, -0.15) is 0 Å². The van der Waals surface area contributed by atoms with E-state index in [4.69, 9.17) is 4.84 Å². The first-order chi connectivity index (χ1) is 7.49. The van der Waals surface area contributed by atoms with E-state index in [-0.39, 0.29) is 24.2 Å². The van der Waals surface area contributed by atoms with E-state index in [1.807, 2.05) is 20.8 Å². The van der Waals surface area contributed by atoms with Crippen LogP contribution in [0.1, 0.15) is 25.0 Å². The third-order valence-corrected chi connectivity index (χ3v) is 2.09. The maximum atomic E-state index is 11.5. The van der Waals surface area contributed by atoms with Crippen LogP contribution in [0.2, 0.25) is 0 Å². The first kappa shape index (κ1) is 12.5. The number of hydroxylamine groups is 1. The Labute approximate surface area is 95.2 Å². The third-order valence-electron chi connectivity index (χ3n) is 2.09. The number of nitrogens with one attached hydrogen (secondary N) is 1. The highest BCUT2D eigenvalue weighted by Gasteiger charge is 2.07. The second kappa shape index (κ2) is 5.51. The van der Waals surface area contributed by atoms with Gasteiger partial charge in [-0.25, -0.2) is 5.48 Å². The summed E-state index contributed by atoms with van der Waals surface area (Å²) in [4.78, 5) is 16.4. The molecule has 1 amide bonds. The summed E-state index contributed by atoms with van der Waals surface area (Å²) in [5, 5.41) is 9.22. The van der Waals surface area contributed by atoms with E-state index in [1.54, 1.807) is 18.2 Å². The Morgan fingerprint density at radius 1 is 1.50 bits per heavy atom. The molecule has 1 aromatic carbocycles. The number of carbonyl (C=O) groups excluding carboxylic acids is 1. The highest BCUT2D eigenvalue weighted by molar-refractivity contribution is 5.78. The zero-order valence-electron chi connectivity index (χ0n) is 9.78. The molecule has 0 unspecified atom stereocenters. The van der Waals surface area contributed by atoms with Crippen molar-refractivity contribution in [2.75, 3.05) is 0 Å². The molecule has 0 radical (unpaired) electrons. The van der Waals surface area contributed by atoms with Gasteiger partial charge in [0.05, 0.1) is 12.5 Å². The van der Waals surface area contributed by atoms with Gasteiger partial charge in [-0.1, -0.05) is 6.07 Å². The fraction of sp³-hybridized carbons (Fsp3) is 0.417. The van der Waals surface area contributed by atoms with Crippen molar-refractivity contribution in [2.45, 2.75) is 33.3 Å². The third kappa shape index (κ3) is 3.90. The number of hydrogen-bond donors (Lipinski definition) is 2. The van der Waals surface area contributed by atoms with Crippen molar-refractivity contribution in [2.24, 2.45) is 0 Å². The lowest BCUT2D eigenvalue weighted by Crippen LogP contribution is -2.28. The molecule has 0 heterocycles. The van der Waals surface area contributed by atoms with Crippen molar-refractivity contribution in [3.63, 3.8) is 0 Å². The van der Waals surface area contributed by atoms with Gasteiger partial charge in [-0.3, -0.25) is 9.63 Å². The molecule has 2 N–H and O–H groups in total. The molecule has 0 aliphatic heterocycles. The Hall–Kier alpha value is -1.55. The zero-order valence-corrected chi connectivity index (χ0v) is 9.78. The van der Waals surface area contributed by atoms with Gasteiger partial charge in [0.2, 0.25) is 5.91 Å². The van der Waals surface area contributed by atoms with Crippen molar-refractivity contribution >= 4 is 5.91 Å². The van der Waals surface area contributed by atoms with Crippen molar-refractivity contribution in [3.8, 4) is 5.75 Å². The molecule has 0 saturated heterocycles. The van der Waals surface area contributed by atoms with Crippen LogP contribution in [0.15, 0.2) is 18.2 Å². The fourth-order valence-electron chi connectivity index (χ4n) is 1.27. The van der Waals surface area contributed by atoms with E-state index in [9.17, 15) is 9.90 Å². The summed E-state index contributed by atoms with van der Waals surface area (Å²) in [6.07, 6.45) is 0.212. The average Bonchev–Trinajstić information content (AvgIpc) is 2.19. The second-order valence-corrected chi connectivity index (χ2v) is 3.98. The van der Waals surface area contributed by atoms with Crippen LogP contribution in [-0.2, 0) is 16.1 Å². The Morgan fingerprint density at radius 2 is 2.19 bits per heavy atom. The minimum absolute atomic E-state index is 0.0372. The molecule has 0 atom stereocenters. The molecule has 0 aliphatic carbocycles. The minimum Gasteiger partial charge on any atom is -0.508 e. The summed E-state index contributed by atoms with van der Waals surface area (Å²) in [6.45, 7) is 5.53. The van der Waals surface area contributed by atoms with Gasteiger partial charge in [0, 0.05) is 0 Å². The smallest absolute Gasteiger partial charge is 0.247 e. The van der Waals surface area contributed by atoms with Crippen LogP contribution < -0.4 is 5.48 Å². The maximum absolute atomic E-state index is 11.5. The number of amides is 1. The van der Waals surface area contributed by atoms with Crippen LogP contribution >= 0.6 is 0 Å². The summed E-state index contributed by atoms with van der Waals surface area (Å²) in [6, 6.07) is 4.93. The van der Waals surface area contributed by atoms with Crippen LogP contribution in [-0.4, -0.2) is 17.1 Å². The van der Waals surface area contributed by atoms with E-state index in [0.29, 0.717) is 0 Å². The number of aryl methyl sites for hydroxylation is 1. The van der Waals surface area contributed by atoms with Crippen molar-refractivity contribution in [1.29, 1.82) is 0 Å². The number of phenols is 1. The van der Waals surface area contributed by atoms with Gasteiger partial charge in [-0.15, -0.1) is 0 Å². The van der Waals surface area contributed by atoms with E-state index in [1.165, 1.54) is 0 Å². The summed E-state index contributed by atoms with van der Waals surface area (Å²) in [7, 11) is 0. The standard InChI is InChI=1S/C12H17NO3/c1-8(2)16-13-12(15)7-10-4-5-11(14)6-9(10)3/h4-6,8,14H,7H2,1-3H3,(H,13,15). The molecule has 16 heavy (non-hydrogen) atoms. The van der Waals surface area contributed by atoms with Crippen LogP contribution in [0.3, 0.4) is 0 Å². The lowest BCUT2D eigenvalue weighted by Gasteiger charge is -2.09. The molecule has 88 valence electrons. The van der Waals surface area contributed by atoms with E-state index in [0.717, 1.165) is 11.1 Å². The molecule has 0 aromatic heterocycles. The van der Waals surface area contributed by atoms with E-state index < -0.39 is 0 Å². The van der Waals surface area contributed by atoms with Crippen LogP contribution in [0, 0.1) is 6.92 Å². The SMILES string of the molecule is Cc1cc(O)ccc1CC(=O)NOC(C)C. The number of carbonyl (C=O) groups is 1. The second-order valence-electron chi connectivity index (χ2n) is 3.98. The van der Waals surface area contributed by atoms with Crippen molar-refractivity contribution in [1.82, 2.24) is 5.48 Å². The molecular formula is C12H17NO3. The highest BCUT2D eigenvalue weighted by atomic mass is 16.7. The molecular weight excluding hydrogens is 206 g/mol. The molecule has 1 aromatic rings. The summed E-state index contributed by atoms with van der Waals surface area (Å²) in [5.41, 5.74) is 4.14. The van der Waals surface area contributed by atoms with Gasteiger partial charge in [0.25, 0.3) is 0 Å². The number of hydrogen-bond acceptors (Lipinski definition) is 3. The first-order valence-electron chi connectivity index (χ1n) is 5.22. The normalized spacial score (nSPS) is 10.5. The largest absolute Gasteiger partial charge is 0.508 e. The Bertz CT molecular complexity index is 375. The van der Waals surface area contributed by atoms with Gasteiger partial charge < -0.3 is 5.11 Å². The Kier molecular flexibility index (Phi) is 4.31. The topological polar surface area (TPSA) is 58.6 Å². The van der Waals surface area contributed by atoms with Crippen LogP contribution in [0.5, 0.6) is 5.75 Å². The highest BCUT2D eigenvalue weighted by Crippen LogP contribution is 2.15. The van der Waals surface area contributed by atoms with Gasteiger partial charge >= 0.3 is 0 Å². The molecule has 4 nitrogen and oxygen atoms in total. The van der Waals surface area contributed by atoms with Gasteiger partial charge in [-0.05, 0) is 44.0 Å². The number of rotatable bonds is 4. The average molecular weight is 223 g/mol. The quantitative estimate of drug-likeness (QED) is 0.764. The lowest BCUT2D eigenvalue weighted by molar-refractivity contribution is -0.136. The summed E-state index contributed by atoms with van der Waals surface area (Å²) >= 11 is 0. The first-order valence-corrected chi connectivity index (χ1v) is 5.22. The zero-order chi connectivity index (χ0) is 12.1. The predicted molar refractivity (Wildman–Crippen MR) is 60.9 cm³/mol. The molecule has 1 rings (SSSR count). The van der Waals surface area contributed by atoms with Gasteiger partial charge in [0.15, 0.2) is 0 Å². The molecule has 0 spiro atoms. The van der Waals surface area contributed by atoms with Crippen LogP contribution in [0.25, 0.3) is 0 Å². The van der Waals surface area contributed by atoms with E-state index in [2.05, 4.69) is 5.48 Å². The number of benzene rings is 1. The number of phenolic OH excluding ortho intramolecular Hbond substituents is 1. The fourth-order valence-corrected chi connectivity index (χ4v) is 1.27. The molecule has 4 heteroatoms.